The molecule has 1 fully saturated rings. The lowest BCUT2D eigenvalue weighted by Crippen LogP contribution is -2.31. The Bertz CT molecular complexity index is 406. The van der Waals surface area contributed by atoms with Crippen LogP contribution in [0, 0.1) is 5.82 Å². The number of anilines is 1. The van der Waals surface area contributed by atoms with Crippen LogP contribution in [0.15, 0.2) is 18.2 Å². The molecule has 3 nitrogen and oxygen atoms in total. The van der Waals surface area contributed by atoms with Crippen LogP contribution in [0.4, 0.5) is 10.1 Å². The van der Waals surface area contributed by atoms with Gasteiger partial charge in [-0.25, -0.2) is 4.39 Å². The van der Waals surface area contributed by atoms with Gasteiger partial charge in [0.1, 0.15) is 5.82 Å². The average molecular weight is 251 g/mol. The van der Waals surface area contributed by atoms with Gasteiger partial charge in [0.25, 0.3) is 0 Å². The van der Waals surface area contributed by atoms with Gasteiger partial charge in [0.2, 0.25) is 0 Å². The van der Waals surface area contributed by atoms with Crippen molar-refractivity contribution in [1.29, 1.82) is 0 Å². The molecule has 0 aromatic heterocycles. The van der Waals surface area contributed by atoms with Crippen molar-refractivity contribution in [2.75, 3.05) is 39.1 Å². The van der Waals surface area contributed by atoms with Crippen molar-refractivity contribution < 1.29 is 4.39 Å². The predicted molar refractivity (Wildman–Crippen MR) is 73.5 cm³/mol. The predicted octanol–water partition coefficient (Wildman–Crippen LogP) is 1.69. The molecule has 4 heteroatoms. The van der Waals surface area contributed by atoms with Crippen molar-refractivity contribution in [1.82, 2.24) is 10.2 Å². The Kier molecular flexibility index (Phi) is 4.19. The summed E-state index contributed by atoms with van der Waals surface area (Å²) in [5.74, 6) is -0.160. The van der Waals surface area contributed by atoms with Crippen molar-refractivity contribution in [2.45, 2.75) is 19.0 Å². The molecule has 1 N–H and O–H groups in total. The van der Waals surface area contributed by atoms with Crippen LogP contribution in [0.2, 0.25) is 0 Å². The molecule has 0 saturated carbocycles. The summed E-state index contributed by atoms with van der Waals surface area (Å²) in [7, 11) is 6.13. The number of halogens is 1. The third kappa shape index (κ3) is 2.82. The Morgan fingerprint density at radius 1 is 1.44 bits per heavy atom. The SMILES string of the molecule is CNCc1cc(F)ccc1N1CCC(N(C)C)C1. The highest BCUT2D eigenvalue weighted by atomic mass is 19.1. The molecule has 0 bridgehead atoms. The van der Waals surface area contributed by atoms with Gasteiger partial charge in [-0.1, -0.05) is 0 Å². The highest BCUT2D eigenvalue weighted by Crippen LogP contribution is 2.26. The number of hydrogen-bond donors (Lipinski definition) is 1. The van der Waals surface area contributed by atoms with Crippen LogP contribution in [0.5, 0.6) is 0 Å². The zero-order valence-corrected chi connectivity index (χ0v) is 11.4. The van der Waals surface area contributed by atoms with Gasteiger partial charge < -0.3 is 15.1 Å². The first-order valence-electron chi connectivity index (χ1n) is 6.46. The van der Waals surface area contributed by atoms with Gasteiger partial charge in [0.15, 0.2) is 0 Å². The molecular weight excluding hydrogens is 229 g/mol. The van der Waals surface area contributed by atoms with E-state index in [0.29, 0.717) is 12.6 Å². The first-order valence-corrected chi connectivity index (χ1v) is 6.46. The van der Waals surface area contributed by atoms with Crippen LogP contribution in [-0.2, 0) is 6.54 Å². The first kappa shape index (κ1) is 13.3. The lowest BCUT2D eigenvalue weighted by Gasteiger charge is -2.24. The van der Waals surface area contributed by atoms with Crippen molar-refractivity contribution in [3.8, 4) is 0 Å². The van der Waals surface area contributed by atoms with Crippen molar-refractivity contribution in [2.24, 2.45) is 0 Å². The summed E-state index contributed by atoms with van der Waals surface area (Å²) in [5.41, 5.74) is 2.20. The number of likely N-dealkylation sites (N-methyl/N-ethyl adjacent to an activating group) is 1. The Labute approximate surface area is 109 Å². The maximum atomic E-state index is 13.3. The van der Waals surface area contributed by atoms with Crippen LogP contribution in [0.25, 0.3) is 0 Å². The summed E-state index contributed by atoms with van der Waals surface area (Å²) in [6, 6.07) is 5.68. The molecule has 1 aromatic rings. The van der Waals surface area contributed by atoms with Crippen molar-refractivity contribution in [3.05, 3.63) is 29.6 Å². The minimum atomic E-state index is -0.160. The highest BCUT2D eigenvalue weighted by molar-refractivity contribution is 5.54. The molecule has 1 aliphatic rings. The molecule has 1 unspecified atom stereocenters. The fraction of sp³-hybridized carbons (Fsp3) is 0.571. The molecule has 0 amide bonds. The van der Waals surface area contributed by atoms with Crippen molar-refractivity contribution >= 4 is 5.69 Å². The first-order chi connectivity index (χ1) is 8.61. The minimum Gasteiger partial charge on any atom is -0.370 e. The molecular formula is C14H22FN3. The third-order valence-corrected chi connectivity index (χ3v) is 3.64. The van der Waals surface area contributed by atoms with Crippen LogP contribution in [0.1, 0.15) is 12.0 Å². The topological polar surface area (TPSA) is 18.5 Å². The van der Waals surface area contributed by atoms with Crippen LogP contribution < -0.4 is 10.2 Å². The van der Waals surface area contributed by atoms with Crippen LogP contribution in [0.3, 0.4) is 0 Å². The van der Waals surface area contributed by atoms with E-state index in [1.807, 2.05) is 13.1 Å². The van der Waals surface area contributed by atoms with Gasteiger partial charge in [-0.05, 0) is 51.3 Å². The maximum Gasteiger partial charge on any atom is 0.123 e. The monoisotopic (exact) mass is 251 g/mol. The zero-order valence-electron chi connectivity index (χ0n) is 11.4. The molecule has 18 heavy (non-hydrogen) atoms. The molecule has 100 valence electrons. The number of nitrogens with zero attached hydrogens (tertiary/aromatic N) is 2. The van der Waals surface area contributed by atoms with E-state index in [1.54, 1.807) is 12.1 Å². The Hall–Kier alpha value is -1.13. The minimum absolute atomic E-state index is 0.160. The average Bonchev–Trinajstić information content (AvgIpc) is 2.79. The molecule has 1 heterocycles. The smallest absolute Gasteiger partial charge is 0.123 e. The highest BCUT2D eigenvalue weighted by Gasteiger charge is 2.25. The molecule has 0 aliphatic carbocycles. The normalized spacial score (nSPS) is 19.8. The van der Waals surface area contributed by atoms with Crippen molar-refractivity contribution in [3.63, 3.8) is 0 Å². The summed E-state index contributed by atoms with van der Waals surface area (Å²) in [4.78, 5) is 4.62. The Balaban J connectivity index is 2.18. The standard InChI is InChI=1S/C14H22FN3/c1-16-9-11-8-12(15)4-5-14(11)18-7-6-13(10-18)17(2)3/h4-5,8,13,16H,6-7,9-10H2,1-3H3. The van der Waals surface area contributed by atoms with Crippen LogP contribution >= 0.6 is 0 Å². The van der Waals surface area contributed by atoms with Gasteiger partial charge in [0.05, 0.1) is 0 Å². The van der Waals surface area contributed by atoms with E-state index < -0.39 is 0 Å². The molecule has 1 saturated heterocycles. The van der Waals surface area contributed by atoms with E-state index in [0.717, 1.165) is 24.3 Å². The maximum absolute atomic E-state index is 13.3. The Morgan fingerprint density at radius 2 is 2.22 bits per heavy atom. The largest absolute Gasteiger partial charge is 0.370 e. The van der Waals surface area contributed by atoms with Gasteiger partial charge >= 0.3 is 0 Å². The number of hydrogen-bond acceptors (Lipinski definition) is 3. The lowest BCUT2D eigenvalue weighted by molar-refractivity contribution is 0.315. The summed E-state index contributed by atoms with van der Waals surface area (Å²) in [6.45, 7) is 2.77. The fourth-order valence-electron chi connectivity index (χ4n) is 2.58. The number of benzene rings is 1. The molecule has 2 rings (SSSR count). The van der Waals surface area contributed by atoms with E-state index in [-0.39, 0.29) is 5.82 Å². The second-order valence-corrected chi connectivity index (χ2v) is 5.16. The second-order valence-electron chi connectivity index (χ2n) is 5.16. The van der Waals surface area contributed by atoms with Gasteiger partial charge in [0, 0.05) is 31.4 Å². The lowest BCUT2D eigenvalue weighted by atomic mass is 10.1. The molecule has 1 aromatic carbocycles. The van der Waals surface area contributed by atoms with Crippen LogP contribution in [-0.4, -0.2) is 45.2 Å². The van der Waals surface area contributed by atoms with Gasteiger partial charge in [-0.3, -0.25) is 0 Å². The molecule has 0 spiro atoms. The van der Waals surface area contributed by atoms with Gasteiger partial charge in [-0.2, -0.15) is 0 Å². The quantitative estimate of drug-likeness (QED) is 0.878. The Morgan fingerprint density at radius 3 is 2.83 bits per heavy atom. The van der Waals surface area contributed by atoms with E-state index in [4.69, 9.17) is 0 Å². The van der Waals surface area contributed by atoms with E-state index in [1.165, 1.54) is 6.42 Å². The van der Waals surface area contributed by atoms with E-state index in [2.05, 4.69) is 29.2 Å². The summed E-state index contributed by atoms with van der Waals surface area (Å²) in [6.07, 6.45) is 1.17. The van der Waals surface area contributed by atoms with E-state index in [9.17, 15) is 4.39 Å². The second kappa shape index (κ2) is 5.67. The molecule has 1 atom stereocenters. The molecule has 1 aliphatic heterocycles. The zero-order chi connectivity index (χ0) is 13.1. The summed E-state index contributed by atoms with van der Waals surface area (Å²) < 4.78 is 13.3. The summed E-state index contributed by atoms with van der Waals surface area (Å²) >= 11 is 0. The van der Waals surface area contributed by atoms with E-state index >= 15 is 0 Å². The fourth-order valence-corrected chi connectivity index (χ4v) is 2.58. The molecule has 0 radical (unpaired) electrons. The number of rotatable bonds is 4. The van der Waals surface area contributed by atoms with Gasteiger partial charge in [-0.15, -0.1) is 0 Å². The third-order valence-electron chi connectivity index (χ3n) is 3.64. The summed E-state index contributed by atoms with van der Waals surface area (Å²) in [5, 5.41) is 3.11. The number of nitrogens with one attached hydrogen (secondary N) is 1.